The lowest BCUT2D eigenvalue weighted by molar-refractivity contribution is -0.120. The molecule has 8 heteroatoms. The Bertz CT molecular complexity index is 1080. The molecule has 1 saturated heterocycles. The molecule has 2 aromatic rings. The predicted octanol–water partition coefficient (Wildman–Crippen LogP) is 3.74. The third-order valence-corrected chi connectivity index (χ3v) is 8.09. The molecule has 2 aromatic carbocycles. The molecule has 1 amide bonds. The minimum Gasteiger partial charge on any atom is -0.454 e. The second-order valence-corrected chi connectivity index (χ2v) is 10.6. The normalized spacial score (nSPS) is 18.8. The number of piperazine rings is 1. The van der Waals surface area contributed by atoms with Crippen LogP contribution in [0.5, 0.6) is 11.5 Å². The van der Waals surface area contributed by atoms with Gasteiger partial charge in [-0.1, -0.05) is 55.2 Å². The van der Waals surface area contributed by atoms with E-state index >= 15 is 0 Å². The van der Waals surface area contributed by atoms with Gasteiger partial charge in [0, 0.05) is 38.3 Å². The number of aryl methyl sites for hydroxylation is 1. The molecule has 1 saturated carbocycles. The number of thiocarbonyl (C=S) groups is 1. The number of nitrogens with one attached hydrogen (secondary N) is 2. The molecule has 2 aliphatic heterocycles. The summed E-state index contributed by atoms with van der Waals surface area (Å²) in [6.45, 7) is 6.74. The fraction of sp³-hybridized carbons (Fsp3) is 0.500. The van der Waals surface area contributed by atoms with E-state index in [4.69, 9.17) is 21.7 Å². The number of rotatable bonds is 6. The summed E-state index contributed by atoms with van der Waals surface area (Å²) in [5, 5.41) is 6.84. The molecule has 2 heterocycles. The van der Waals surface area contributed by atoms with Gasteiger partial charge in [-0.15, -0.1) is 0 Å². The quantitative estimate of drug-likeness (QED) is 0.577. The van der Waals surface area contributed by atoms with E-state index < -0.39 is 0 Å². The number of amides is 1. The molecule has 1 aliphatic carbocycles. The largest absolute Gasteiger partial charge is 0.454 e. The zero-order valence-electron chi connectivity index (χ0n) is 21.1. The Morgan fingerprint density at radius 2 is 1.72 bits per heavy atom. The summed E-state index contributed by atoms with van der Waals surface area (Å²) < 4.78 is 10.8. The number of carbonyl (C=O) groups excluding carboxylic acids is 1. The predicted molar refractivity (Wildman–Crippen MR) is 144 cm³/mol. The smallest absolute Gasteiger partial charge is 0.239 e. The topological polar surface area (TPSA) is 66.1 Å². The molecule has 2 fully saturated rings. The molecule has 0 bridgehead atoms. The highest BCUT2D eigenvalue weighted by atomic mass is 32.1. The molecule has 2 N–H and O–H groups in total. The Hall–Kier alpha value is -2.84. The van der Waals surface area contributed by atoms with Crippen molar-refractivity contribution in [3.05, 3.63) is 59.2 Å². The van der Waals surface area contributed by atoms with Gasteiger partial charge in [0.15, 0.2) is 16.6 Å². The second kappa shape index (κ2) is 11.0. The van der Waals surface area contributed by atoms with E-state index in [1.54, 1.807) is 0 Å². The van der Waals surface area contributed by atoms with Gasteiger partial charge in [-0.25, -0.2) is 0 Å². The second-order valence-electron chi connectivity index (χ2n) is 10.2. The van der Waals surface area contributed by atoms with E-state index in [-0.39, 0.29) is 24.8 Å². The van der Waals surface area contributed by atoms with Crippen LogP contribution in [0.25, 0.3) is 0 Å². The number of fused-ring (bicyclic) bond motifs is 1. The summed E-state index contributed by atoms with van der Waals surface area (Å²) in [6, 6.07) is 14.6. The van der Waals surface area contributed by atoms with Crippen molar-refractivity contribution in [2.24, 2.45) is 0 Å². The first-order chi connectivity index (χ1) is 17.5. The van der Waals surface area contributed by atoms with Gasteiger partial charge in [-0.2, -0.15) is 0 Å². The number of benzene rings is 2. The molecule has 0 radical (unpaired) electrons. The average Bonchev–Trinajstić information content (AvgIpc) is 3.37. The maximum Gasteiger partial charge on any atom is 0.239 e. The number of ether oxygens (including phenoxy) is 2. The number of hydrogen-bond donors (Lipinski definition) is 2. The monoisotopic (exact) mass is 508 g/mol. The van der Waals surface area contributed by atoms with Gasteiger partial charge in [-0.05, 0) is 55.2 Å². The van der Waals surface area contributed by atoms with E-state index in [1.165, 1.54) is 43.2 Å². The van der Waals surface area contributed by atoms with Gasteiger partial charge in [0.05, 0.1) is 6.54 Å². The lowest BCUT2D eigenvalue weighted by Crippen LogP contribution is -2.64. The maximum absolute atomic E-state index is 12.5. The summed E-state index contributed by atoms with van der Waals surface area (Å²) >= 11 is 5.75. The van der Waals surface area contributed by atoms with Crippen molar-refractivity contribution < 1.29 is 14.3 Å². The Balaban J connectivity index is 1.13. The van der Waals surface area contributed by atoms with Crippen LogP contribution in [0.15, 0.2) is 42.5 Å². The van der Waals surface area contributed by atoms with Crippen LogP contribution in [0.1, 0.15) is 48.8 Å². The van der Waals surface area contributed by atoms with Crippen LogP contribution in [0, 0.1) is 6.92 Å². The van der Waals surface area contributed by atoms with Gasteiger partial charge in [0.25, 0.3) is 0 Å². The van der Waals surface area contributed by atoms with Gasteiger partial charge in [0.1, 0.15) is 0 Å². The van der Waals surface area contributed by atoms with Crippen molar-refractivity contribution in [1.29, 1.82) is 0 Å². The third kappa shape index (κ3) is 5.76. The van der Waals surface area contributed by atoms with Crippen molar-refractivity contribution in [2.75, 3.05) is 33.0 Å². The van der Waals surface area contributed by atoms with Crippen LogP contribution < -0.4 is 20.1 Å². The molecule has 3 aliphatic rings. The van der Waals surface area contributed by atoms with Crippen LogP contribution in [0.2, 0.25) is 0 Å². The molecule has 192 valence electrons. The van der Waals surface area contributed by atoms with Gasteiger partial charge in [-0.3, -0.25) is 9.69 Å². The standard InChI is InChI=1S/C28H36N4O3S/c1-21-5-7-22(8-6-21)18-32-14-13-31(19-28(32)11-3-2-4-12-28)27(36)30-17-26(33)29-16-23-9-10-24-25(15-23)35-20-34-24/h5-10,15H,2-4,11-14,16-20H2,1H3,(H,29,33)(H,30,36). The van der Waals surface area contributed by atoms with E-state index in [0.717, 1.165) is 43.2 Å². The summed E-state index contributed by atoms with van der Waals surface area (Å²) in [6.07, 6.45) is 6.25. The molecule has 5 rings (SSSR count). The van der Waals surface area contributed by atoms with Crippen LogP contribution in [-0.2, 0) is 17.9 Å². The zero-order chi connectivity index (χ0) is 25.0. The highest BCUT2D eigenvalue weighted by Crippen LogP contribution is 2.37. The number of nitrogens with zero attached hydrogens (tertiary/aromatic N) is 2. The van der Waals surface area contributed by atoms with Crippen LogP contribution in [-0.4, -0.2) is 59.3 Å². The Labute approximate surface area is 219 Å². The van der Waals surface area contributed by atoms with Crippen molar-refractivity contribution in [3.8, 4) is 11.5 Å². The number of hydrogen-bond acceptors (Lipinski definition) is 5. The minimum atomic E-state index is -0.0830. The van der Waals surface area contributed by atoms with Gasteiger partial charge < -0.3 is 25.0 Å². The Kier molecular flexibility index (Phi) is 7.62. The van der Waals surface area contributed by atoms with Gasteiger partial charge >= 0.3 is 0 Å². The molecule has 1 spiro atoms. The third-order valence-electron chi connectivity index (χ3n) is 7.69. The van der Waals surface area contributed by atoms with E-state index in [9.17, 15) is 4.79 Å². The van der Waals surface area contributed by atoms with Crippen molar-refractivity contribution >= 4 is 23.2 Å². The summed E-state index contributed by atoms with van der Waals surface area (Å²) in [4.78, 5) is 17.5. The highest BCUT2D eigenvalue weighted by molar-refractivity contribution is 7.80. The molecular weight excluding hydrogens is 472 g/mol. The molecule has 7 nitrogen and oxygen atoms in total. The fourth-order valence-electron chi connectivity index (χ4n) is 5.61. The summed E-state index contributed by atoms with van der Waals surface area (Å²) in [5.41, 5.74) is 3.79. The lowest BCUT2D eigenvalue weighted by atomic mass is 9.78. The molecule has 0 unspecified atom stereocenters. The first kappa shape index (κ1) is 24.8. The maximum atomic E-state index is 12.5. The van der Waals surface area contributed by atoms with Crippen LogP contribution in [0.4, 0.5) is 0 Å². The first-order valence-electron chi connectivity index (χ1n) is 13.0. The highest BCUT2D eigenvalue weighted by Gasteiger charge is 2.42. The van der Waals surface area contributed by atoms with Gasteiger partial charge in [0.2, 0.25) is 12.7 Å². The molecule has 0 aromatic heterocycles. The Morgan fingerprint density at radius 3 is 2.53 bits per heavy atom. The lowest BCUT2D eigenvalue weighted by Gasteiger charge is -2.53. The van der Waals surface area contributed by atoms with Crippen molar-refractivity contribution in [2.45, 2.75) is 57.7 Å². The van der Waals surface area contributed by atoms with E-state index in [0.29, 0.717) is 11.7 Å². The molecule has 36 heavy (non-hydrogen) atoms. The summed E-state index contributed by atoms with van der Waals surface area (Å²) in [5.74, 6) is 1.38. The van der Waals surface area contributed by atoms with E-state index in [2.05, 4.69) is 51.6 Å². The first-order valence-corrected chi connectivity index (χ1v) is 13.4. The number of carbonyl (C=O) groups is 1. The average molecular weight is 509 g/mol. The van der Waals surface area contributed by atoms with E-state index in [1.807, 2.05) is 18.2 Å². The van der Waals surface area contributed by atoms with Crippen LogP contribution >= 0.6 is 12.2 Å². The van der Waals surface area contributed by atoms with Crippen molar-refractivity contribution in [1.82, 2.24) is 20.4 Å². The van der Waals surface area contributed by atoms with Crippen LogP contribution in [0.3, 0.4) is 0 Å². The van der Waals surface area contributed by atoms with Crippen molar-refractivity contribution in [3.63, 3.8) is 0 Å². The summed E-state index contributed by atoms with van der Waals surface area (Å²) in [7, 11) is 0. The Morgan fingerprint density at radius 1 is 0.972 bits per heavy atom. The molecule has 0 atom stereocenters. The molecular formula is C28H36N4O3S. The zero-order valence-corrected chi connectivity index (χ0v) is 21.9. The minimum absolute atomic E-state index is 0.0830. The SMILES string of the molecule is Cc1ccc(CN2CCN(C(=S)NCC(=O)NCc3ccc4c(c3)OCO4)CC23CCCCC3)cc1. The fourth-order valence-corrected chi connectivity index (χ4v) is 5.84.